The standard InChI is InChI=1S/C13H22N2O3S/c1-19(17,18)15-8-6-12(7-9-15)14-13(16)10-11-4-2-3-5-11/h2,4,11-12H,3,5-10H2,1H3,(H,14,16)/t11-/m0/s1. The van der Waals surface area contributed by atoms with E-state index >= 15 is 0 Å². The molecule has 0 saturated carbocycles. The van der Waals surface area contributed by atoms with Gasteiger partial charge < -0.3 is 5.32 Å². The molecule has 0 unspecified atom stereocenters. The smallest absolute Gasteiger partial charge is 0.220 e. The van der Waals surface area contributed by atoms with E-state index in [1.807, 2.05) is 0 Å². The molecule has 1 amide bonds. The summed E-state index contributed by atoms with van der Waals surface area (Å²) in [7, 11) is -3.08. The molecular weight excluding hydrogens is 264 g/mol. The zero-order valence-electron chi connectivity index (χ0n) is 11.3. The van der Waals surface area contributed by atoms with Crippen LogP contribution in [0.2, 0.25) is 0 Å². The Morgan fingerprint density at radius 3 is 2.53 bits per heavy atom. The van der Waals surface area contributed by atoms with Crippen molar-refractivity contribution in [3.63, 3.8) is 0 Å². The van der Waals surface area contributed by atoms with Crippen LogP contribution in [0.5, 0.6) is 0 Å². The molecule has 1 heterocycles. The summed E-state index contributed by atoms with van der Waals surface area (Å²) in [5.74, 6) is 0.477. The summed E-state index contributed by atoms with van der Waals surface area (Å²) in [6.45, 7) is 1.01. The summed E-state index contributed by atoms with van der Waals surface area (Å²) < 4.78 is 24.2. The van der Waals surface area contributed by atoms with Crippen molar-refractivity contribution in [1.29, 1.82) is 0 Å². The van der Waals surface area contributed by atoms with Gasteiger partial charge in [0.1, 0.15) is 0 Å². The summed E-state index contributed by atoms with van der Waals surface area (Å²) in [6.07, 6.45) is 9.60. The molecule has 0 spiro atoms. The van der Waals surface area contributed by atoms with Crippen LogP contribution in [0.4, 0.5) is 0 Å². The Hall–Kier alpha value is -0.880. The van der Waals surface area contributed by atoms with Gasteiger partial charge in [0.15, 0.2) is 0 Å². The molecular formula is C13H22N2O3S. The lowest BCUT2D eigenvalue weighted by Gasteiger charge is -2.30. The third kappa shape index (κ3) is 4.31. The maximum absolute atomic E-state index is 11.9. The van der Waals surface area contributed by atoms with Crippen LogP contribution in [0.15, 0.2) is 12.2 Å². The first-order valence-electron chi connectivity index (χ1n) is 6.86. The summed E-state index contributed by atoms with van der Waals surface area (Å²) in [5.41, 5.74) is 0. The molecule has 2 aliphatic rings. The highest BCUT2D eigenvalue weighted by atomic mass is 32.2. The first-order valence-corrected chi connectivity index (χ1v) is 8.71. The van der Waals surface area contributed by atoms with Crippen LogP contribution in [0, 0.1) is 5.92 Å². The minimum Gasteiger partial charge on any atom is -0.353 e. The molecule has 19 heavy (non-hydrogen) atoms. The minimum atomic E-state index is -3.08. The molecule has 0 aromatic heterocycles. The summed E-state index contributed by atoms with van der Waals surface area (Å²) in [5, 5.41) is 3.02. The average Bonchev–Trinajstić information content (AvgIpc) is 2.81. The number of hydrogen-bond acceptors (Lipinski definition) is 3. The summed E-state index contributed by atoms with van der Waals surface area (Å²) in [6, 6.07) is 0.121. The van der Waals surface area contributed by atoms with Crippen molar-refractivity contribution in [2.24, 2.45) is 5.92 Å². The normalized spacial score (nSPS) is 25.6. The fourth-order valence-electron chi connectivity index (χ4n) is 2.72. The van der Waals surface area contributed by atoms with E-state index in [4.69, 9.17) is 0 Å². The van der Waals surface area contributed by atoms with Gasteiger partial charge in [0.05, 0.1) is 6.26 Å². The van der Waals surface area contributed by atoms with Crippen LogP contribution in [0.25, 0.3) is 0 Å². The van der Waals surface area contributed by atoms with Crippen molar-refractivity contribution in [3.05, 3.63) is 12.2 Å². The monoisotopic (exact) mass is 286 g/mol. The highest BCUT2D eigenvalue weighted by Crippen LogP contribution is 2.20. The van der Waals surface area contributed by atoms with E-state index in [0.717, 1.165) is 12.8 Å². The molecule has 6 heteroatoms. The van der Waals surface area contributed by atoms with E-state index < -0.39 is 10.0 Å². The van der Waals surface area contributed by atoms with Gasteiger partial charge in [0, 0.05) is 25.6 Å². The first kappa shape index (κ1) is 14.5. The molecule has 0 radical (unpaired) electrons. The topological polar surface area (TPSA) is 66.5 Å². The lowest BCUT2D eigenvalue weighted by molar-refractivity contribution is -0.122. The molecule has 1 atom stereocenters. The van der Waals surface area contributed by atoms with Crippen LogP contribution < -0.4 is 5.32 Å². The molecule has 108 valence electrons. The highest BCUT2D eigenvalue weighted by Gasteiger charge is 2.26. The van der Waals surface area contributed by atoms with E-state index in [-0.39, 0.29) is 11.9 Å². The Kier molecular flexibility index (Phi) is 4.62. The fourth-order valence-corrected chi connectivity index (χ4v) is 3.60. The van der Waals surface area contributed by atoms with Crippen molar-refractivity contribution in [3.8, 4) is 0 Å². The number of carbonyl (C=O) groups excluding carboxylic acids is 1. The van der Waals surface area contributed by atoms with Crippen LogP contribution in [-0.2, 0) is 14.8 Å². The SMILES string of the molecule is CS(=O)(=O)N1CCC(NC(=O)C[C@H]2C=CCC2)CC1. The maximum Gasteiger partial charge on any atom is 0.220 e. The Bertz CT molecular complexity index is 451. The Morgan fingerprint density at radius 2 is 2.00 bits per heavy atom. The van der Waals surface area contributed by atoms with Crippen molar-refractivity contribution < 1.29 is 13.2 Å². The third-order valence-corrected chi connectivity index (χ3v) is 5.15. The Labute approximate surface area is 115 Å². The number of piperidine rings is 1. The zero-order chi connectivity index (χ0) is 13.9. The molecule has 1 saturated heterocycles. The van der Waals surface area contributed by atoms with Crippen molar-refractivity contribution in [2.45, 2.75) is 38.1 Å². The predicted octanol–water partition coefficient (Wildman–Crippen LogP) is 0.883. The van der Waals surface area contributed by atoms with Crippen LogP contribution in [0.3, 0.4) is 0 Å². The molecule has 1 aliphatic heterocycles. The Balaban J connectivity index is 1.73. The number of carbonyl (C=O) groups is 1. The molecule has 0 bridgehead atoms. The number of amides is 1. The van der Waals surface area contributed by atoms with Crippen LogP contribution in [-0.4, -0.2) is 44.0 Å². The van der Waals surface area contributed by atoms with Gasteiger partial charge in [-0.3, -0.25) is 4.79 Å². The van der Waals surface area contributed by atoms with E-state index in [1.54, 1.807) is 0 Å². The second-order valence-electron chi connectivity index (χ2n) is 5.47. The quantitative estimate of drug-likeness (QED) is 0.780. The number of nitrogens with zero attached hydrogens (tertiary/aromatic N) is 1. The molecule has 1 fully saturated rings. The second kappa shape index (κ2) is 6.05. The average molecular weight is 286 g/mol. The van der Waals surface area contributed by atoms with Gasteiger partial charge in [-0.15, -0.1) is 0 Å². The third-order valence-electron chi connectivity index (χ3n) is 3.85. The first-order chi connectivity index (χ1) is 8.95. The number of allylic oxidation sites excluding steroid dienone is 2. The number of hydrogen-bond donors (Lipinski definition) is 1. The number of sulfonamides is 1. The second-order valence-corrected chi connectivity index (χ2v) is 7.46. The summed E-state index contributed by atoms with van der Waals surface area (Å²) in [4.78, 5) is 11.9. The van der Waals surface area contributed by atoms with Crippen molar-refractivity contribution in [1.82, 2.24) is 9.62 Å². The summed E-state index contributed by atoms with van der Waals surface area (Å²) >= 11 is 0. The van der Waals surface area contributed by atoms with Crippen molar-refractivity contribution in [2.75, 3.05) is 19.3 Å². The Morgan fingerprint density at radius 1 is 1.32 bits per heavy atom. The lowest BCUT2D eigenvalue weighted by Crippen LogP contribution is -2.46. The van der Waals surface area contributed by atoms with E-state index in [0.29, 0.717) is 38.3 Å². The molecule has 2 rings (SSSR count). The van der Waals surface area contributed by atoms with Gasteiger partial charge in [-0.25, -0.2) is 12.7 Å². The highest BCUT2D eigenvalue weighted by molar-refractivity contribution is 7.88. The molecule has 0 aromatic carbocycles. The molecule has 1 N–H and O–H groups in total. The van der Waals surface area contributed by atoms with E-state index in [1.165, 1.54) is 10.6 Å². The van der Waals surface area contributed by atoms with Gasteiger partial charge in [-0.05, 0) is 31.6 Å². The van der Waals surface area contributed by atoms with Gasteiger partial charge >= 0.3 is 0 Å². The van der Waals surface area contributed by atoms with Gasteiger partial charge in [0.25, 0.3) is 0 Å². The zero-order valence-corrected chi connectivity index (χ0v) is 12.2. The van der Waals surface area contributed by atoms with Crippen LogP contribution >= 0.6 is 0 Å². The lowest BCUT2D eigenvalue weighted by atomic mass is 10.0. The van der Waals surface area contributed by atoms with E-state index in [2.05, 4.69) is 17.5 Å². The van der Waals surface area contributed by atoms with Crippen LogP contribution in [0.1, 0.15) is 32.1 Å². The van der Waals surface area contributed by atoms with Gasteiger partial charge in [-0.1, -0.05) is 12.2 Å². The molecule has 5 nitrogen and oxygen atoms in total. The number of rotatable bonds is 4. The largest absolute Gasteiger partial charge is 0.353 e. The van der Waals surface area contributed by atoms with Gasteiger partial charge in [0.2, 0.25) is 15.9 Å². The van der Waals surface area contributed by atoms with Gasteiger partial charge in [-0.2, -0.15) is 0 Å². The molecule has 0 aromatic rings. The minimum absolute atomic E-state index is 0.0920. The van der Waals surface area contributed by atoms with E-state index in [9.17, 15) is 13.2 Å². The van der Waals surface area contributed by atoms with Crippen molar-refractivity contribution >= 4 is 15.9 Å². The number of nitrogens with one attached hydrogen (secondary N) is 1. The maximum atomic E-state index is 11.9. The molecule has 1 aliphatic carbocycles. The predicted molar refractivity (Wildman–Crippen MR) is 74.1 cm³/mol. The fraction of sp³-hybridized carbons (Fsp3) is 0.769.